The zero-order valence-electron chi connectivity index (χ0n) is 9.83. The average Bonchev–Trinajstić information content (AvgIpc) is 2.83. The maximum atomic E-state index is 12.1. The Bertz CT molecular complexity index is 739. The Kier molecular flexibility index (Phi) is 2.85. The summed E-state index contributed by atoms with van der Waals surface area (Å²) in [6, 6.07) is 10.8. The number of fused-ring (bicyclic) bond motifs is 1. The zero-order valence-corrected chi connectivity index (χ0v) is 10.6. The molecule has 0 aliphatic carbocycles. The van der Waals surface area contributed by atoms with Crippen molar-refractivity contribution in [3.8, 4) is 0 Å². The number of carbonyl (C=O) groups is 1. The summed E-state index contributed by atoms with van der Waals surface area (Å²) in [5.41, 5.74) is 6.40. The third kappa shape index (κ3) is 2.38. The molecule has 0 saturated heterocycles. The Labute approximate surface area is 113 Å². The first-order valence-electron chi connectivity index (χ1n) is 5.60. The molecule has 5 nitrogen and oxygen atoms in total. The minimum absolute atomic E-state index is 0.194. The number of hydrogen-bond acceptors (Lipinski definition) is 5. The summed E-state index contributed by atoms with van der Waals surface area (Å²) < 4.78 is 1.03. The van der Waals surface area contributed by atoms with Crippen LogP contribution < -0.4 is 11.1 Å². The van der Waals surface area contributed by atoms with Crippen LogP contribution in [0.15, 0.2) is 42.6 Å². The average molecular weight is 270 g/mol. The fourth-order valence-electron chi connectivity index (χ4n) is 1.72. The molecule has 3 rings (SSSR count). The van der Waals surface area contributed by atoms with Gasteiger partial charge in [0.2, 0.25) is 0 Å². The van der Waals surface area contributed by atoms with Gasteiger partial charge in [-0.15, -0.1) is 16.4 Å². The largest absolute Gasteiger partial charge is 0.399 e. The molecule has 0 radical (unpaired) electrons. The predicted octanol–water partition coefficient (Wildman–Crippen LogP) is 2.53. The Hall–Kier alpha value is -2.47. The standard InChI is InChI=1S/C13H10N4OS/c14-9-3-4-10-8(6-9)7-11(19-10)13(18)16-12-2-1-5-15-17-12/h1-7H,14H2,(H,16,17,18). The number of aromatic nitrogens is 2. The number of amides is 1. The molecule has 2 aromatic heterocycles. The fraction of sp³-hybridized carbons (Fsp3) is 0. The smallest absolute Gasteiger partial charge is 0.266 e. The van der Waals surface area contributed by atoms with Crippen LogP contribution in [0.5, 0.6) is 0 Å². The number of nitrogens with zero attached hydrogens (tertiary/aromatic N) is 2. The second kappa shape index (κ2) is 4.66. The minimum atomic E-state index is -0.194. The molecule has 6 heteroatoms. The molecular weight excluding hydrogens is 260 g/mol. The van der Waals surface area contributed by atoms with Crippen LogP contribution in [0.1, 0.15) is 9.67 Å². The molecule has 19 heavy (non-hydrogen) atoms. The van der Waals surface area contributed by atoms with Gasteiger partial charge in [-0.25, -0.2) is 0 Å². The molecule has 0 bridgehead atoms. The van der Waals surface area contributed by atoms with E-state index in [4.69, 9.17) is 5.73 Å². The van der Waals surface area contributed by atoms with Crippen LogP contribution in [0.4, 0.5) is 11.5 Å². The number of benzene rings is 1. The van der Waals surface area contributed by atoms with Crippen LogP contribution in [-0.4, -0.2) is 16.1 Å². The van der Waals surface area contributed by atoms with Gasteiger partial charge in [0.1, 0.15) is 0 Å². The molecule has 2 heterocycles. The highest BCUT2D eigenvalue weighted by atomic mass is 32.1. The van der Waals surface area contributed by atoms with E-state index in [0.29, 0.717) is 16.4 Å². The van der Waals surface area contributed by atoms with Crippen molar-refractivity contribution in [3.63, 3.8) is 0 Å². The topological polar surface area (TPSA) is 80.9 Å². The molecule has 0 saturated carbocycles. The monoisotopic (exact) mass is 270 g/mol. The summed E-state index contributed by atoms with van der Waals surface area (Å²) in [5, 5.41) is 11.2. The summed E-state index contributed by atoms with van der Waals surface area (Å²) in [5.74, 6) is 0.241. The molecule has 1 amide bonds. The van der Waals surface area contributed by atoms with Gasteiger partial charge < -0.3 is 11.1 Å². The van der Waals surface area contributed by atoms with E-state index in [2.05, 4.69) is 15.5 Å². The van der Waals surface area contributed by atoms with Crippen molar-refractivity contribution < 1.29 is 4.79 Å². The number of rotatable bonds is 2. The van der Waals surface area contributed by atoms with Gasteiger partial charge in [0, 0.05) is 16.6 Å². The van der Waals surface area contributed by atoms with E-state index in [1.807, 2.05) is 24.3 Å². The normalized spacial score (nSPS) is 10.5. The molecule has 94 valence electrons. The van der Waals surface area contributed by atoms with Crippen molar-refractivity contribution in [2.45, 2.75) is 0 Å². The molecule has 0 aliphatic rings. The van der Waals surface area contributed by atoms with Crippen LogP contribution >= 0.6 is 11.3 Å². The highest BCUT2D eigenvalue weighted by Gasteiger charge is 2.11. The second-order valence-electron chi connectivity index (χ2n) is 3.97. The maximum absolute atomic E-state index is 12.1. The number of thiophene rings is 1. The lowest BCUT2D eigenvalue weighted by atomic mass is 10.2. The summed E-state index contributed by atoms with van der Waals surface area (Å²) >= 11 is 1.42. The van der Waals surface area contributed by atoms with Gasteiger partial charge >= 0.3 is 0 Å². The summed E-state index contributed by atoms with van der Waals surface area (Å²) in [6.07, 6.45) is 1.55. The van der Waals surface area contributed by atoms with Gasteiger partial charge in [-0.3, -0.25) is 4.79 Å². The first kappa shape index (κ1) is 11.6. The van der Waals surface area contributed by atoms with Crippen molar-refractivity contribution in [2.24, 2.45) is 0 Å². The molecule has 0 aliphatic heterocycles. The lowest BCUT2D eigenvalue weighted by Gasteiger charge is -1.99. The maximum Gasteiger partial charge on any atom is 0.266 e. The third-order valence-electron chi connectivity index (χ3n) is 2.58. The number of nitrogens with two attached hydrogens (primary N) is 1. The van der Waals surface area contributed by atoms with Crippen LogP contribution in [-0.2, 0) is 0 Å². The first-order valence-corrected chi connectivity index (χ1v) is 6.42. The van der Waals surface area contributed by atoms with Crippen LogP contribution in [0.3, 0.4) is 0 Å². The van der Waals surface area contributed by atoms with E-state index >= 15 is 0 Å². The molecule has 3 N–H and O–H groups in total. The Balaban J connectivity index is 1.89. The number of nitrogen functional groups attached to an aromatic ring is 1. The van der Waals surface area contributed by atoms with Gasteiger partial charge in [0.25, 0.3) is 5.91 Å². The van der Waals surface area contributed by atoms with Gasteiger partial charge in [0.05, 0.1) is 4.88 Å². The first-order chi connectivity index (χ1) is 9.22. The van der Waals surface area contributed by atoms with Crippen molar-refractivity contribution in [1.82, 2.24) is 10.2 Å². The fourth-order valence-corrected chi connectivity index (χ4v) is 2.66. The molecule has 3 aromatic rings. The van der Waals surface area contributed by atoms with Gasteiger partial charge in [0.15, 0.2) is 5.82 Å². The summed E-state index contributed by atoms with van der Waals surface area (Å²) in [4.78, 5) is 12.7. The second-order valence-corrected chi connectivity index (χ2v) is 5.05. The Morgan fingerprint density at radius 3 is 2.95 bits per heavy atom. The molecule has 0 fully saturated rings. The number of hydrogen-bond donors (Lipinski definition) is 2. The highest BCUT2D eigenvalue weighted by Crippen LogP contribution is 2.27. The molecule has 0 atom stereocenters. The summed E-state index contributed by atoms with van der Waals surface area (Å²) in [6.45, 7) is 0. The quantitative estimate of drug-likeness (QED) is 0.701. The van der Waals surface area contributed by atoms with Crippen molar-refractivity contribution >= 4 is 38.8 Å². The molecule has 0 unspecified atom stereocenters. The molecular formula is C13H10N4OS. The van der Waals surface area contributed by atoms with Crippen LogP contribution in [0.25, 0.3) is 10.1 Å². The number of nitrogens with one attached hydrogen (secondary N) is 1. The van der Waals surface area contributed by atoms with Crippen molar-refractivity contribution in [1.29, 1.82) is 0 Å². The number of carbonyl (C=O) groups excluding carboxylic acids is 1. The van der Waals surface area contributed by atoms with E-state index in [-0.39, 0.29) is 5.91 Å². The van der Waals surface area contributed by atoms with Crippen LogP contribution in [0.2, 0.25) is 0 Å². The predicted molar refractivity (Wildman–Crippen MR) is 76.2 cm³/mol. The highest BCUT2D eigenvalue weighted by molar-refractivity contribution is 7.20. The van der Waals surface area contributed by atoms with Gasteiger partial charge in [-0.1, -0.05) is 0 Å². The van der Waals surface area contributed by atoms with Gasteiger partial charge in [-0.05, 0) is 41.8 Å². The molecule has 0 spiro atoms. The Morgan fingerprint density at radius 2 is 2.16 bits per heavy atom. The number of anilines is 2. The SMILES string of the molecule is Nc1ccc2sc(C(=O)Nc3cccnn3)cc2c1. The zero-order chi connectivity index (χ0) is 13.2. The Morgan fingerprint density at radius 1 is 1.26 bits per heavy atom. The third-order valence-corrected chi connectivity index (χ3v) is 3.69. The molecule has 1 aromatic carbocycles. The van der Waals surface area contributed by atoms with Crippen molar-refractivity contribution in [2.75, 3.05) is 11.1 Å². The van der Waals surface area contributed by atoms with E-state index in [1.54, 1.807) is 18.3 Å². The van der Waals surface area contributed by atoms with Crippen LogP contribution in [0, 0.1) is 0 Å². The summed E-state index contributed by atoms with van der Waals surface area (Å²) in [7, 11) is 0. The van der Waals surface area contributed by atoms with E-state index < -0.39 is 0 Å². The van der Waals surface area contributed by atoms with E-state index in [9.17, 15) is 4.79 Å². The minimum Gasteiger partial charge on any atom is -0.399 e. The van der Waals surface area contributed by atoms with E-state index in [1.165, 1.54) is 11.3 Å². The lowest BCUT2D eigenvalue weighted by Crippen LogP contribution is -2.11. The van der Waals surface area contributed by atoms with E-state index in [0.717, 1.165) is 10.1 Å². The van der Waals surface area contributed by atoms with Crippen molar-refractivity contribution in [3.05, 3.63) is 47.5 Å². The van der Waals surface area contributed by atoms with Gasteiger partial charge in [-0.2, -0.15) is 5.10 Å². The lowest BCUT2D eigenvalue weighted by molar-refractivity contribution is 0.103.